The SMILES string of the molecule is CC1(C(=O)O)CCN(C(=O)C2CCCN2C(=O)c2cc(Cl)cc(Cl)c2)C1. The van der Waals surface area contributed by atoms with E-state index in [-0.39, 0.29) is 18.4 Å². The van der Waals surface area contributed by atoms with E-state index in [1.807, 2.05) is 0 Å². The van der Waals surface area contributed by atoms with Gasteiger partial charge in [-0.25, -0.2) is 0 Å². The molecule has 140 valence electrons. The Labute approximate surface area is 161 Å². The summed E-state index contributed by atoms with van der Waals surface area (Å²) in [7, 11) is 0. The maximum Gasteiger partial charge on any atom is 0.311 e. The molecule has 2 aliphatic heterocycles. The minimum absolute atomic E-state index is 0.169. The van der Waals surface area contributed by atoms with Crippen LogP contribution in [0.5, 0.6) is 0 Å². The highest BCUT2D eigenvalue weighted by molar-refractivity contribution is 6.35. The average molecular weight is 399 g/mol. The van der Waals surface area contributed by atoms with E-state index >= 15 is 0 Å². The predicted octanol–water partition coefficient (Wildman–Crippen LogP) is 2.92. The van der Waals surface area contributed by atoms with Crippen LogP contribution in [0.3, 0.4) is 0 Å². The van der Waals surface area contributed by atoms with E-state index in [0.717, 1.165) is 6.42 Å². The molecule has 6 nitrogen and oxygen atoms in total. The summed E-state index contributed by atoms with van der Waals surface area (Å²) in [5.74, 6) is -1.37. The third-order valence-electron chi connectivity index (χ3n) is 5.21. The number of halogens is 2. The van der Waals surface area contributed by atoms with Crippen LogP contribution in [-0.4, -0.2) is 58.4 Å². The molecule has 2 saturated heterocycles. The summed E-state index contributed by atoms with van der Waals surface area (Å²) in [6, 6.07) is 4.04. The summed E-state index contributed by atoms with van der Waals surface area (Å²) in [6.07, 6.45) is 1.71. The van der Waals surface area contributed by atoms with Gasteiger partial charge in [-0.3, -0.25) is 14.4 Å². The van der Waals surface area contributed by atoms with E-state index in [1.165, 1.54) is 12.1 Å². The molecule has 2 amide bonds. The second-order valence-corrected chi connectivity index (χ2v) is 8.06. The van der Waals surface area contributed by atoms with Crippen molar-refractivity contribution in [2.75, 3.05) is 19.6 Å². The molecule has 0 radical (unpaired) electrons. The zero-order chi connectivity index (χ0) is 19.1. The van der Waals surface area contributed by atoms with Gasteiger partial charge in [0.05, 0.1) is 5.41 Å². The van der Waals surface area contributed by atoms with Gasteiger partial charge in [0.15, 0.2) is 0 Å². The lowest BCUT2D eigenvalue weighted by Crippen LogP contribution is -2.48. The maximum atomic E-state index is 12.9. The zero-order valence-electron chi connectivity index (χ0n) is 14.4. The highest BCUT2D eigenvalue weighted by Gasteiger charge is 2.45. The predicted molar refractivity (Wildman–Crippen MR) is 97.5 cm³/mol. The van der Waals surface area contributed by atoms with Gasteiger partial charge in [-0.15, -0.1) is 0 Å². The van der Waals surface area contributed by atoms with Crippen molar-refractivity contribution >= 4 is 41.0 Å². The number of amides is 2. The molecule has 0 spiro atoms. The Hall–Kier alpha value is -1.79. The van der Waals surface area contributed by atoms with Crippen LogP contribution in [0.1, 0.15) is 36.5 Å². The van der Waals surface area contributed by atoms with E-state index in [4.69, 9.17) is 23.2 Å². The fourth-order valence-electron chi connectivity index (χ4n) is 3.64. The Morgan fingerprint density at radius 2 is 1.81 bits per heavy atom. The Balaban J connectivity index is 1.77. The van der Waals surface area contributed by atoms with Crippen molar-refractivity contribution in [1.82, 2.24) is 9.80 Å². The topological polar surface area (TPSA) is 77.9 Å². The first kappa shape index (κ1) is 19.0. The molecule has 0 bridgehead atoms. The van der Waals surface area contributed by atoms with Crippen molar-refractivity contribution in [1.29, 1.82) is 0 Å². The summed E-state index contributed by atoms with van der Waals surface area (Å²) in [4.78, 5) is 40.3. The summed E-state index contributed by atoms with van der Waals surface area (Å²) in [5.41, 5.74) is -0.581. The highest BCUT2D eigenvalue weighted by atomic mass is 35.5. The normalized spacial score (nSPS) is 25.6. The van der Waals surface area contributed by atoms with E-state index in [9.17, 15) is 19.5 Å². The Bertz CT molecular complexity index is 749. The van der Waals surface area contributed by atoms with E-state index in [2.05, 4.69) is 0 Å². The number of carbonyl (C=O) groups excluding carboxylic acids is 2. The van der Waals surface area contributed by atoms with Gasteiger partial charge < -0.3 is 14.9 Å². The number of carboxylic acid groups (broad SMARTS) is 1. The summed E-state index contributed by atoms with van der Waals surface area (Å²) < 4.78 is 0. The number of carboxylic acids is 1. The summed E-state index contributed by atoms with van der Waals surface area (Å²) in [5, 5.41) is 10.1. The molecular weight excluding hydrogens is 379 g/mol. The van der Waals surface area contributed by atoms with Gasteiger partial charge in [-0.1, -0.05) is 23.2 Å². The number of carbonyl (C=O) groups is 3. The summed E-state index contributed by atoms with van der Waals surface area (Å²) >= 11 is 12.0. The molecule has 1 aromatic carbocycles. The number of nitrogens with zero attached hydrogens (tertiary/aromatic N) is 2. The number of hydrogen-bond acceptors (Lipinski definition) is 3. The Morgan fingerprint density at radius 1 is 1.15 bits per heavy atom. The van der Waals surface area contributed by atoms with Gasteiger partial charge in [-0.2, -0.15) is 0 Å². The molecule has 1 N–H and O–H groups in total. The molecule has 1 aromatic rings. The third-order valence-corrected chi connectivity index (χ3v) is 5.65. The fourth-order valence-corrected chi connectivity index (χ4v) is 4.17. The van der Waals surface area contributed by atoms with Crippen molar-refractivity contribution in [2.24, 2.45) is 5.41 Å². The zero-order valence-corrected chi connectivity index (χ0v) is 15.9. The molecule has 2 aliphatic rings. The number of hydrogen-bond donors (Lipinski definition) is 1. The van der Waals surface area contributed by atoms with Crippen molar-refractivity contribution in [3.05, 3.63) is 33.8 Å². The van der Waals surface area contributed by atoms with Crippen LogP contribution in [0.2, 0.25) is 10.0 Å². The van der Waals surface area contributed by atoms with Gasteiger partial charge >= 0.3 is 5.97 Å². The van der Waals surface area contributed by atoms with E-state index < -0.39 is 17.4 Å². The molecule has 26 heavy (non-hydrogen) atoms. The van der Waals surface area contributed by atoms with Gasteiger partial charge in [-0.05, 0) is 44.4 Å². The van der Waals surface area contributed by atoms with Gasteiger partial charge in [0.25, 0.3) is 5.91 Å². The fraction of sp³-hybridized carbons (Fsp3) is 0.500. The third kappa shape index (κ3) is 3.53. The molecule has 0 aromatic heterocycles. The number of likely N-dealkylation sites (tertiary alicyclic amines) is 2. The molecule has 2 heterocycles. The van der Waals surface area contributed by atoms with Crippen molar-refractivity contribution in [3.8, 4) is 0 Å². The molecule has 0 aliphatic carbocycles. The minimum atomic E-state index is -0.927. The lowest BCUT2D eigenvalue weighted by molar-refractivity contribution is -0.147. The molecule has 2 unspecified atom stereocenters. The Kier molecular flexibility index (Phi) is 5.17. The van der Waals surface area contributed by atoms with E-state index in [1.54, 1.807) is 22.8 Å². The second kappa shape index (κ2) is 7.08. The molecule has 2 atom stereocenters. The van der Waals surface area contributed by atoms with Crippen LogP contribution in [-0.2, 0) is 9.59 Å². The first-order chi connectivity index (χ1) is 12.2. The molecule has 8 heteroatoms. The number of aliphatic carboxylic acids is 1. The van der Waals surface area contributed by atoms with E-state index in [0.29, 0.717) is 41.5 Å². The van der Waals surface area contributed by atoms with Crippen molar-refractivity contribution in [3.63, 3.8) is 0 Å². The molecule has 2 fully saturated rings. The number of rotatable bonds is 3. The first-order valence-corrected chi connectivity index (χ1v) is 9.26. The maximum absolute atomic E-state index is 12.9. The highest BCUT2D eigenvalue weighted by Crippen LogP contribution is 2.32. The Morgan fingerprint density at radius 3 is 2.38 bits per heavy atom. The van der Waals surface area contributed by atoms with Crippen molar-refractivity contribution in [2.45, 2.75) is 32.2 Å². The average Bonchev–Trinajstić information content (AvgIpc) is 3.20. The quantitative estimate of drug-likeness (QED) is 0.848. The van der Waals surface area contributed by atoms with Crippen LogP contribution in [0.15, 0.2) is 18.2 Å². The van der Waals surface area contributed by atoms with Crippen LogP contribution >= 0.6 is 23.2 Å². The van der Waals surface area contributed by atoms with Gasteiger partial charge in [0.2, 0.25) is 5.91 Å². The number of benzene rings is 1. The largest absolute Gasteiger partial charge is 0.481 e. The second-order valence-electron chi connectivity index (χ2n) is 7.19. The molecular formula is C18H20Cl2N2O4. The summed E-state index contributed by atoms with van der Waals surface area (Å²) in [6.45, 7) is 2.68. The lowest BCUT2D eigenvalue weighted by Gasteiger charge is -2.28. The van der Waals surface area contributed by atoms with Crippen molar-refractivity contribution < 1.29 is 19.5 Å². The minimum Gasteiger partial charge on any atom is -0.481 e. The standard InChI is InChI=1S/C18H20Cl2N2O4/c1-18(17(25)26)4-6-21(10-18)16(24)14-3-2-5-22(14)15(23)11-7-12(19)9-13(20)8-11/h7-9,14H,2-6,10H2,1H3,(H,25,26). The monoisotopic (exact) mass is 398 g/mol. The van der Waals surface area contributed by atoms with Crippen LogP contribution < -0.4 is 0 Å². The van der Waals surface area contributed by atoms with Crippen LogP contribution in [0.4, 0.5) is 0 Å². The van der Waals surface area contributed by atoms with Crippen LogP contribution in [0.25, 0.3) is 0 Å². The smallest absolute Gasteiger partial charge is 0.311 e. The lowest BCUT2D eigenvalue weighted by atomic mass is 9.90. The van der Waals surface area contributed by atoms with Crippen LogP contribution in [0, 0.1) is 5.41 Å². The first-order valence-electron chi connectivity index (χ1n) is 8.50. The van der Waals surface area contributed by atoms with Gasteiger partial charge in [0.1, 0.15) is 6.04 Å². The molecule has 0 saturated carbocycles. The molecule has 3 rings (SSSR count). The van der Waals surface area contributed by atoms with Gasteiger partial charge in [0, 0.05) is 35.2 Å².